The van der Waals surface area contributed by atoms with Crippen LogP contribution in [0.25, 0.3) is 0 Å². The van der Waals surface area contributed by atoms with Crippen LogP contribution in [0.5, 0.6) is 0 Å². The Morgan fingerprint density at radius 2 is 2.07 bits per heavy atom. The minimum Gasteiger partial charge on any atom is -0.292 e. The maximum Gasteiger partial charge on any atom is 0.183 e. The molecule has 2 heteroatoms. The molecule has 1 aromatic rings. The van der Waals surface area contributed by atoms with Crippen LogP contribution in [0.15, 0.2) is 24.3 Å². The molecule has 0 amide bonds. The largest absolute Gasteiger partial charge is 0.292 e. The van der Waals surface area contributed by atoms with Gasteiger partial charge in [0.15, 0.2) is 5.78 Å². The fraction of sp³-hybridized carbons (Fsp3) is 0.385. The number of hydrogen-bond acceptors (Lipinski definition) is 2. The van der Waals surface area contributed by atoms with Crippen LogP contribution in [0, 0.1) is 23.7 Å². The molecular weight excluding hydrogens is 186 g/mol. The highest BCUT2D eigenvalue weighted by atomic mass is 16.1. The molecule has 1 aliphatic carbocycles. The van der Waals surface area contributed by atoms with Crippen molar-refractivity contribution in [2.75, 3.05) is 0 Å². The van der Waals surface area contributed by atoms with E-state index < -0.39 is 5.41 Å². The number of carbonyl (C=O) groups is 1. The molecule has 0 heterocycles. The first-order chi connectivity index (χ1) is 7.19. The van der Waals surface area contributed by atoms with Crippen LogP contribution >= 0.6 is 0 Å². The van der Waals surface area contributed by atoms with Gasteiger partial charge >= 0.3 is 0 Å². The number of benzene rings is 1. The Balaban J connectivity index is 2.37. The van der Waals surface area contributed by atoms with Crippen molar-refractivity contribution >= 4 is 5.78 Å². The molecule has 0 unspecified atom stereocenters. The van der Waals surface area contributed by atoms with Crippen molar-refractivity contribution in [2.45, 2.75) is 26.2 Å². The molecule has 1 aliphatic rings. The molecule has 0 N–H and O–H groups in total. The van der Waals surface area contributed by atoms with Gasteiger partial charge in [-0.3, -0.25) is 4.79 Å². The maximum absolute atomic E-state index is 12.2. The molecule has 2 rings (SSSR count). The second-order valence-electron chi connectivity index (χ2n) is 4.19. The standard InChI is InChI=1S/C13H13NO/c1-10-5-2-3-6-11(10)12(15)13(9-14)7-4-8-13/h2-3,5-6H,4,7-8H2,1H3. The summed E-state index contributed by atoms with van der Waals surface area (Å²) in [5, 5.41) is 9.09. The Labute approximate surface area is 89.5 Å². The number of hydrogen-bond donors (Lipinski definition) is 0. The van der Waals surface area contributed by atoms with Gasteiger partial charge in [0, 0.05) is 5.56 Å². The van der Waals surface area contributed by atoms with Crippen LogP contribution in [-0.2, 0) is 0 Å². The first-order valence-electron chi connectivity index (χ1n) is 5.21. The molecule has 1 aromatic carbocycles. The predicted molar refractivity (Wildman–Crippen MR) is 57.4 cm³/mol. The number of nitriles is 1. The maximum atomic E-state index is 12.2. The average Bonchev–Trinajstić information content (AvgIpc) is 2.17. The minimum atomic E-state index is -0.716. The molecule has 2 nitrogen and oxygen atoms in total. The minimum absolute atomic E-state index is 0.00866. The van der Waals surface area contributed by atoms with Crippen LogP contribution in [0.4, 0.5) is 0 Å². The number of nitrogens with zero attached hydrogens (tertiary/aromatic N) is 1. The third-order valence-electron chi connectivity index (χ3n) is 3.25. The summed E-state index contributed by atoms with van der Waals surface area (Å²) in [5.74, 6) is 0.00866. The quantitative estimate of drug-likeness (QED) is 0.687. The molecule has 1 fully saturated rings. The molecule has 0 saturated heterocycles. The summed E-state index contributed by atoms with van der Waals surface area (Å²) in [4.78, 5) is 12.2. The highest BCUT2D eigenvalue weighted by molar-refractivity contribution is 6.03. The Kier molecular flexibility index (Phi) is 2.32. The van der Waals surface area contributed by atoms with Crippen LogP contribution in [-0.4, -0.2) is 5.78 Å². The lowest BCUT2D eigenvalue weighted by Crippen LogP contribution is -2.36. The van der Waals surface area contributed by atoms with E-state index in [1.165, 1.54) is 0 Å². The molecule has 15 heavy (non-hydrogen) atoms. The second-order valence-corrected chi connectivity index (χ2v) is 4.19. The fourth-order valence-electron chi connectivity index (χ4n) is 2.01. The van der Waals surface area contributed by atoms with E-state index in [0.29, 0.717) is 5.56 Å². The Morgan fingerprint density at radius 3 is 2.53 bits per heavy atom. The zero-order chi connectivity index (χ0) is 10.9. The van der Waals surface area contributed by atoms with E-state index in [4.69, 9.17) is 5.26 Å². The molecular formula is C13H13NO. The van der Waals surface area contributed by atoms with Gasteiger partial charge in [-0.05, 0) is 31.7 Å². The van der Waals surface area contributed by atoms with Gasteiger partial charge in [-0.2, -0.15) is 5.26 Å². The lowest BCUT2D eigenvalue weighted by Gasteiger charge is -2.33. The summed E-state index contributed by atoms with van der Waals surface area (Å²) in [5.41, 5.74) is 0.953. The summed E-state index contributed by atoms with van der Waals surface area (Å²) in [6, 6.07) is 9.68. The van der Waals surface area contributed by atoms with Gasteiger partial charge in [0.25, 0.3) is 0 Å². The van der Waals surface area contributed by atoms with Crippen molar-refractivity contribution in [1.82, 2.24) is 0 Å². The number of carbonyl (C=O) groups excluding carboxylic acids is 1. The first kappa shape index (κ1) is 9.92. The summed E-state index contributed by atoms with van der Waals surface area (Å²) >= 11 is 0. The van der Waals surface area contributed by atoms with E-state index in [0.717, 1.165) is 24.8 Å². The zero-order valence-corrected chi connectivity index (χ0v) is 8.79. The van der Waals surface area contributed by atoms with E-state index in [2.05, 4.69) is 6.07 Å². The molecule has 0 aliphatic heterocycles. The van der Waals surface area contributed by atoms with Gasteiger partial charge in [-0.1, -0.05) is 24.3 Å². The van der Waals surface area contributed by atoms with Gasteiger partial charge < -0.3 is 0 Å². The molecule has 0 atom stereocenters. The van der Waals surface area contributed by atoms with Crippen LogP contribution in [0.2, 0.25) is 0 Å². The predicted octanol–water partition coefficient (Wildman–Crippen LogP) is 2.87. The Bertz CT molecular complexity index is 438. The fourth-order valence-corrected chi connectivity index (χ4v) is 2.01. The van der Waals surface area contributed by atoms with Crippen LogP contribution in [0.1, 0.15) is 35.2 Å². The van der Waals surface area contributed by atoms with Gasteiger partial charge in [0.1, 0.15) is 5.41 Å². The summed E-state index contributed by atoms with van der Waals surface area (Å²) in [6.45, 7) is 1.91. The Hall–Kier alpha value is -1.62. The number of ketones is 1. The zero-order valence-electron chi connectivity index (χ0n) is 8.79. The van der Waals surface area contributed by atoms with E-state index in [9.17, 15) is 4.79 Å². The van der Waals surface area contributed by atoms with Crippen molar-refractivity contribution in [3.8, 4) is 6.07 Å². The van der Waals surface area contributed by atoms with Gasteiger partial charge in [0.2, 0.25) is 0 Å². The molecule has 0 radical (unpaired) electrons. The number of Topliss-reactive ketones (excluding diaryl/α,β-unsaturated/α-hetero) is 1. The Morgan fingerprint density at radius 1 is 1.40 bits per heavy atom. The van der Waals surface area contributed by atoms with E-state index in [1.54, 1.807) is 0 Å². The second kappa shape index (κ2) is 3.51. The van der Waals surface area contributed by atoms with E-state index >= 15 is 0 Å². The first-order valence-corrected chi connectivity index (χ1v) is 5.21. The van der Waals surface area contributed by atoms with E-state index in [-0.39, 0.29) is 5.78 Å². The molecule has 0 aromatic heterocycles. The third-order valence-corrected chi connectivity index (χ3v) is 3.25. The smallest absolute Gasteiger partial charge is 0.183 e. The highest BCUT2D eigenvalue weighted by Gasteiger charge is 2.45. The van der Waals surface area contributed by atoms with E-state index in [1.807, 2.05) is 31.2 Å². The average molecular weight is 199 g/mol. The molecule has 1 saturated carbocycles. The lowest BCUT2D eigenvalue weighted by molar-refractivity contribution is 0.0748. The van der Waals surface area contributed by atoms with Crippen LogP contribution in [0.3, 0.4) is 0 Å². The van der Waals surface area contributed by atoms with Crippen molar-refractivity contribution in [3.05, 3.63) is 35.4 Å². The van der Waals surface area contributed by atoms with Crippen LogP contribution < -0.4 is 0 Å². The molecule has 76 valence electrons. The van der Waals surface area contributed by atoms with Gasteiger partial charge in [-0.15, -0.1) is 0 Å². The summed E-state index contributed by atoms with van der Waals surface area (Å²) in [7, 11) is 0. The number of rotatable bonds is 2. The monoisotopic (exact) mass is 199 g/mol. The molecule has 0 bridgehead atoms. The van der Waals surface area contributed by atoms with Crippen molar-refractivity contribution < 1.29 is 4.79 Å². The van der Waals surface area contributed by atoms with Gasteiger partial charge in [0.05, 0.1) is 6.07 Å². The molecule has 0 spiro atoms. The SMILES string of the molecule is Cc1ccccc1C(=O)C1(C#N)CCC1. The summed E-state index contributed by atoms with van der Waals surface area (Å²) < 4.78 is 0. The van der Waals surface area contributed by atoms with Crippen molar-refractivity contribution in [1.29, 1.82) is 5.26 Å². The third kappa shape index (κ3) is 1.45. The lowest BCUT2D eigenvalue weighted by atomic mass is 9.65. The normalized spacial score (nSPS) is 17.6. The number of aryl methyl sites for hydroxylation is 1. The van der Waals surface area contributed by atoms with Gasteiger partial charge in [-0.25, -0.2) is 0 Å². The van der Waals surface area contributed by atoms with Crippen molar-refractivity contribution in [2.24, 2.45) is 5.41 Å². The summed E-state index contributed by atoms with van der Waals surface area (Å²) in [6.07, 6.45) is 2.43. The van der Waals surface area contributed by atoms with Crippen molar-refractivity contribution in [3.63, 3.8) is 0 Å². The topological polar surface area (TPSA) is 40.9 Å². The highest BCUT2D eigenvalue weighted by Crippen LogP contribution is 2.43.